The predicted molar refractivity (Wildman–Crippen MR) is 135 cm³/mol. The van der Waals surface area contributed by atoms with Gasteiger partial charge in [-0.15, -0.1) is 0 Å². The highest BCUT2D eigenvalue weighted by Crippen LogP contribution is 2.29. The average molecular weight is 468 g/mol. The molecule has 1 aliphatic heterocycles. The number of hydrogen-bond donors (Lipinski definition) is 0. The number of hydrogen-bond acceptors (Lipinski definition) is 6. The first-order valence-corrected chi connectivity index (χ1v) is 12.1. The summed E-state index contributed by atoms with van der Waals surface area (Å²) < 4.78 is 5.20. The van der Waals surface area contributed by atoms with Crippen LogP contribution in [0.15, 0.2) is 83.5 Å². The van der Waals surface area contributed by atoms with Crippen molar-refractivity contribution < 1.29 is 9.32 Å². The van der Waals surface area contributed by atoms with Crippen molar-refractivity contribution in [2.24, 2.45) is 0 Å². The van der Waals surface area contributed by atoms with Gasteiger partial charge >= 0.3 is 0 Å². The molecule has 0 saturated carbocycles. The van der Waals surface area contributed by atoms with Crippen molar-refractivity contribution in [3.05, 3.63) is 96.0 Å². The van der Waals surface area contributed by atoms with Gasteiger partial charge < -0.3 is 14.3 Å². The molecule has 4 aromatic rings. The second-order valence-electron chi connectivity index (χ2n) is 8.72. The Bertz CT molecular complexity index is 1190. The van der Waals surface area contributed by atoms with Crippen LogP contribution < -0.4 is 4.90 Å². The van der Waals surface area contributed by atoms with Gasteiger partial charge in [-0.05, 0) is 23.3 Å². The third-order valence-corrected chi connectivity index (χ3v) is 6.52. The van der Waals surface area contributed by atoms with Crippen LogP contribution in [-0.2, 0) is 11.2 Å². The molecule has 0 bridgehead atoms. The van der Waals surface area contributed by atoms with E-state index in [0.717, 1.165) is 24.5 Å². The first-order valence-electron chi connectivity index (χ1n) is 12.1. The Morgan fingerprint density at radius 3 is 2.11 bits per heavy atom. The molecule has 2 aromatic heterocycles. The maximum Gasteiger partial charge on any atom is 0.226 e. The van der Waals surface area contributed by atoms with E-state index in [1.54, 1.807) is 6.20 Å². The summed E-state index contributed by atoms with van der Waals surface area (Å²) in [7, 11) is 0. The summed E-state index contributed by atoms with van der Waals surface area (Å²) in [6.45, 7) is 4.85. The largest absolute Gasteiger partial charge is 0.353 e. The van der Waals surface area contributed by atoms with E-state index in [2.05, 4.69) is 44.3 Å². The Labute approximate surface area is 205 Å². The van der Waals surface area contributed by atoms with Gasteiger partial charge in [0.1, 0.15) is 5.82 Å². The average Bonchev–Trinajstić information content (AvgIpc) is 3.42. The maximum atomic E-state index is 13.3. The molecule has 35 heavy (non-hydrogen) atoms. The topological polar surface area (TPSA) is 75.4 Å². The van der Waals surface area contributed by atoms with Gasteiger partial charge in [-0.2, -0.15) is 4.98 Å². The molecule has 0 atom stereocenters. The molecule has 1 saturated heterocycles. The zero-order chi connectivity index (χ0) is 24.0. The number of anilines is 1. The summed E-state index contributed by atoms with van der Waals surface area (Å²) in [6.07, 6.45) is 2.95. The first-order chi connectivity index (χ1) is 17.2. The van der Waals surface area contributed by atoms with Gasteiger partial charge in [-0.1, -0.05) is 72.7 Å². The normalized spacial score (nSPS) is 13.9. The van der Waals surface area contributed by atoms with Crippen molar-refractivity contribution in [1.29, 1.82) is 0 Å². The zero-order valence-electron chi connectivity index (χ0n) is 19.9. The molecule has 2 aromatic carbocycles. The van der Waals surface area contributed by atoms with Crippen molar-refractivity contribution >= 4 is 11.7 Å². The van der Waals surface area contributed by atoms with Crippen LogP contribution in [0.1, 0.15) is 36.3 Å². The Morgan fingerprint density at radius 2 is 1.57 bits per heavy atom. The summed E-state index contributed by atoms with van der Waals surface area (Å²) >= 11 is 0. The van der Waals surface area contributed by atoms with E-state index in [1.807, 2.05) is 60.4 Å². The smallest absolute Gasteiger partial charge is 0.226 e. The van der Waals surface area contributed by atoms with Crippen molar-refractivity contribution in [3.8, 4) is 11.4 Å². The highest BCUT2D eigenvalue weighted by molar-refractivity contribution is 5.78. The van der Waals surface area contributed by atoms with Crippen molar-refractivity contribution in [2.75, 3.05) is 31.1 Å². The first kappa shape index (κ1) is 22.8. The number of aromatic nitrogens is 3. The fourth-order valence-electron chi connectivity index (χ4n) is 4.51. The minimum atomic E-state index is 0.0514. The summed E-state index contributed by atoms with van der Waals surface area (Å²) in [5.41, 5.74) is 3.17. The monoisotopic (exact) mass is 467 g/mol. The number of rotatable bonds is 7. The summed E-state index contributed by atoms with van der Waals surface area (Å²) in [5, 5.41) is 4.01. The van der Waals surface area contributed by atoms with Gasteiger partial charge in [0.15, 0.2) is 0 Å². The van der Waals surface area contributed by atoms with Crippen LogP contribution in [0, 0.1) is 0 Å². The molecular weight excluding hydrogens is 438 g/mol. The van der Waals surface area contributed by atoms with Crippen LogP contribution in [0.25, 0.3) is 11.4 Å². The van der Waals surface area contributed by atoms with Crippen LogP contribution >= 0.6 is 0 Å². The molecule has 0 unspecified atom stereocenters. The van der Waals surface area contributed by atoms with Gasteiger partial charge in [-0.3, -0.25) is 4.79 Å². The third-order valence-electron chi connectivity index (χ3n) is 6.52. The Hall–Kier alpha value is -4.00. The van der Waals surface area contributed by atoms with Gasteiger partial charge in [0.2, 0.25) is 17.6 Å². The van der Waals surface area contributed by atoms with E-state index in [-0.39, 0.29) is 11.8 Å². The Balaban J connectivity index is 1.21. The van der Waals surface area contributed by atoms with Crippen molar-refractivity contribution in [1.82, 2.24) is 20.0 Å². The number of aryl methyl sites for hydroxylation is 1. The minimum absolute atomic E-state index is 0.0514. The molecule has 7 heteroatoms. The van der Waals surface area contributed by atoms with Gasteiger partial charge in [0, 0.05) is 56.7 Å². The predicted octanol–water partition coefficient (Wildman–Crippen LogP) is 4.56. The van der Waals surface area contributed by atoms with Crippen molar-refractivity contribution in [2.45, 2.75) is 25.7 Å². The van der Waals surface area contributed by atoms with Crippen LogP contribution in [0.2, 0.25) is 0 Å². The van der Waals surface area contributed by atoms with E-state index in [9.17, 15) is 4.79 Å². The fourth-order valence-corrected chi connectivity index (χ4v) is 4.51. The minimum Gasteiger partial charge on any atom is -0.353 e. The standard InChI is InChI=1S/C28H29N5O2/c1-2-26-30-28(31-35-26)23-13-14-25(29-20-23)32-15-17-33(18-16-32)27(34)19-24(21-9-5-3-6-10-21)22-11-7-4-8-12-22/h3-14,20,24H,2,15-19H2,1H3. The highest BCUT2D eigenvalue weighted by atomic mass is 16.5. The van der Waals surface area contributed by atoms with Gasteiger partial charge in [0.05, 0.1) is 0 Å². The van der Waals surface area contributed by atoms with Crippen LogP contribution in [0.5, 0.6) is 0 Å². The fraction of sp³-hybridized carbons (Fsp3) is 0.286. The molecule has 5 rings (SSSR count). The number of nitrogens with zero attached hydrogens (tertiary/aromatic N) is 5. The van der Waals surface area contributed by atoms with E-state index in [4.69, 9.17) is 4.52 Å². The lowest BCUT2D eigenvalue weighted by molar-refractivity contribution is -0.131. The number of carbonyl (C=O) groups excluding carboxylic acids is 1. The second-order valence-corrected chi connectivity index (χ2v) is 8.72. The SMILES string of the molecule is CCc1nc(-c2ccc(N3CCN(C(=O)CC(c4ccccc4)c4ccccc4)CC3)nc2)no1. The molecule has 7 nitrogen and oxygen atoms in total. The molecule has 178 valence electrons. The van der Waals surface area contributed by atoms with Crippen LogP contribution in [-0.4, -0.2) is 52.1 Å². The molecule has 0 aliphatic carbocycles. The van der Waals surface area contributed by atoms with Crippen molar-refractivity contribution in [3.63, 3.8) is 0 Å². The van der Waals surface area contributed by atoms with Gasteiger partial charge in [-0.25, -0.2) is 4.98 Å². The summed E-state index contributed by atoms with van der Waals surface area (Å²) in [6, 6.07) is 24.5. The molecule has 3 heterocycles. The number of piperazine rings is 1. The zero-order valence-corrected chi connectivity index (χ0v) is 19.9. The lowest BCUT2D eigenvalue weighted by atomic mass is 9.88. The number of carbonyl (C=O) groups is 1. The Kier molecular flexibility index (Phi) is 6.84. The Morgan fingerprint density at radius 1 is 0.914 bits per heavy atom. The highest BCUT2D eigenvalue weighted by Gasteiger charge is 2.25. The number of amides is 1. The number of pyridine rings is 1. The van der Waals surface area contributed by atoms with Gasteiger partial charge in [0.25, 0.3) is 0 Å². The second kappa shape index (κ2) is 10.5. The molecule has 0 spiro atoms. The summed E-state index contributed by atoms with van der Waals surface area (Å²) in [5.74, 6) is 2.31. The molecule has 0 N–H and O–H groups in total. The van der Waals surface area contributed by atoms with E-state index in [0.29, 0.717) is 37.6 Å². The van der Waals surface area contributed by atoms with E-state index in [1.165, 1.54) is 11.1 Å². The number of benzene rings is 2. The molecule has 1 fully saturated rings. The van der Waals surface area contributed by atoms with Crippen LogP contribution in [0.3, 0.4) is 0 Å². The summed E-state index contributed by atoms with van der Waals surface area (Å²) in [4.78, 5) is 26.5. The van der Waals surface area contributed by atoms with E-state index >= 15 is 0 Å². The molecular formula is C28H29N5O2. The molecule has 0 radical (unpaired) electrons. The third kappa shape index (κ3) is 5.24. The lowest BCUT2D eigenvalue weighted by Gasteiger charge is -2.36. The van der Waals surface area contributed by atoms with E-state index < -0.39 is 0 Å². The molecule has 1 aliphatic rings. The quantitative estimate of drug-likeness (QED) is 0.397. The lowest BCUT2D eigenvalue weighted by Crippen LogP contribution is -2.49. The van der Waals surface area contributed by atoms with Crippen LogP contribution in [0.4, 0.5) is 5.82 Å². The molecule has 1 amide bonds. The maximum absolute atomic E-state index is 13.3.